The predicted octanol–water partition coefficient (Wildman–Crippen LogP) is 5.14. The average Bonchev–Trinajstić information content (AvgIpc) is 2.52. The van der Waals surface area contributed by atoms with Gasteiger partial charge in [-0.15, -0.1) is 0 Å². The van der Waals surface area contributed by atoms with Gasteiger partial charge in [0.25, 0.3) is 0 Å². The summed E-state index contributed by atoms with van der Waals surface area (Å²) >= 11 is 0. The highest BCUT2D eigenvalue weighted by Gasteiger charge is 2.30. The number of hydrogen-bond donors (Lipinski definition) is 0. The first-order chi connectivity index (χ1) is 10.4. The largest absolute Gasteiger partial charge is 0.416 e. The number of aromatic nitrogens is 1. The maximum absolute atomic E-state index is 12.6. The molecule has 0 saturated heterocycles. The van der Waals surface area contributed by atoms with Crippen molar-refractivity contribution < 1.29 is 18.0 Å². The van der Waals surface area contributed by atoms with Crippen LogP contribution in [0.15, 0.2) is 42.5 Å². The summed E-state index contributed by atoms with van der Waals surface area (Å²) in [6.45, 7) is 2.00. The quantitative estimate of drug-likeness (QED) is 0.716. The number of halogens is 3. The molecule has 0 amide bonds. The number of benzene rings is 1. The zero-order valence-corrected chi connectivity index (χ0v) is 12.2. The van der Waals surface area contributed by atoms with Gasteiger partial charge < -0.3 is 0 Å². The van der Waals surface area contributed by atoms with Crippen molar-refractivity contribution in [3.05, 3.63) is 53.7 Å². The Hall–Kier alpha value is -2.17. The number of pyridine rings is 1. The molecule has 2 aromatic rings. The van der Waals surface area contributed by atoms with Gasteiger partial charge in [0, 0.05) is 12.0 Å². The number of nitrogens with zero attached hydrogens (tertiary/aromatic N) is 1. The van der Waals surface area contributed by atoms with Gasteiger partial charge in [0.15, 0.2) is 5.78 Å². The number of ketones is 1. The molecule has 0 fully saturated rings. The Balaban J connectivity index is 2.24. The fourth-order valence-corrected chi connectivity index (χ4v) is 2.05. The maximum Gasteiger partial charge on any atom is 0.416 e. The summed E-state index contributed by atoms with van der Waals surface area (Å²) < 4.78 is 37.7. The van der Waals surface area contributed by atoms with Gasteiger partial charge in [0.05, 0.1) is 11.3 Å². The smallest absolute Gasteiger partial charge is 0.292 e. The molecule has 5 heteroatoms. The minimum Gasteiger partial charge on any atom is -0.292 e. The Kier molecular flexibility index (Phi) is 4.96. The number of hydrogen-bond acceptors (Lipinski definition) is 2. The van der Waals surface area contributed by atoms with Crippen molar-refractivity contribution in [3.63, 3.8) is 0 Å². The van der Waals surface area contributed by atoms with Crippen molar-refractivity contribution in [2.75, 3.05) is 0 Å². The molecule has 0 aliphatic carbocycles. The molecule has 1 heterocycles. The normalized spacial score (nSPS) is 11.5. The van der Waals surface area contributed by atoms with E-state index in [0.717, 1.165) is 25.0 Å². The molecule has 0 saturated carbocycles. The van der Waals surface area contributed by atoms with E-state index < -0.39 is 11.7 Å². The summed E-state index contributed by atoms with van der Waals surface area (Å²) in [7, 11) is 0. The molecule has 0 bridgehead atoms. The third kappa shape index (κ3) is 3.93. The van der Waals surface area contributed by atoms with Crippen LogP contribution in [0.5, 0.6) is 0 Å². The standard InChI is InChI=1S/C17H16F3NO/c1-2-3-7-16(22)15-6-4-5-14(21-15)12-8-10-13(11-9-12)17(18,19)20/h4-6,8-11H,2-3,7H2,1H3. The molecule has 1 aromatic carbocycles. The van der Waals surface area contributed by atoms with Crippen LogP contribution in [0.25, 0.3) is 11.3 Å². The van der Waals surface area contributed by atoms with E-state index in [4.69, 9.17) is 0 Å². The van der Waals surface area contributed by atoms with E-state index in [1.54, 1.807) is 18.2 Å². The first kappa shape index (κ1) is 16.2. The molecule has 0 aliphatic heterocycles. The van der Waals surface area contributed by atoms with E-state index in [2.05, 4.69) is 4.98 Å². The number of carbonyl (C=O) groups is 1. The molecular weight excluding hydrogens is 291 g/mol. The molecule has 2 nitrogen and oxygen atoms in total. The minimum absolute atomic E-state index is 0.0457. The second-order valence-corrected chi connectivity index (χ2v) is 5.01. The maximum atomic E-state index is 12.6. The molecular formula is C17H16F3NO. The lowest BCUT2D eigenvalue weighted by atomic mass is 10.1. The van der Waals surface area contributed by atoms with Crippen molar-refractivity contribution in [1.82, 2.24) is 4.98 Å². The Morgan fingerprint density at radius 3 is 2.36 bits per heavy atom. The van der Waals surface area contributed by atoms with Gasteiger partial charge in [-0.05, 0) is 30.7 Å². The monoisotopic (exact) mass is 307 g/mol. The third-order valence-corrected chi connectivity index (χ3v) is 3.30. The molecule has 0 N–H and O–H groups in total. The van der Waals surface area contributed by atoms with Crippen molar-refractivity contribution >= 4 is 5.78 Å². The van der Waals surface area contributed by atoms with Crippen LogP contribution in [0.4, 0.5) is 13.2 Å². The molecule has 0 aliphatic rings. The summed E-state index contributed by atoms with van der Waals surface area (Å²) in [5, 5.41) is 0. The lowest BCUT2D eigenvalue weighted by molar-refractivity contribution is -0.137. The molecule has 0 spiro atoms. The Bertz CT molecular complexity index is 648. The lowest BCUT2D eigenvalue weighted by Gasteiger charge is -2.08. The van der Waals surface area contributed by atoms with Gasteiger partial charge in [-0.3, -0.25) is 4.79 Å². The van der Waals surface area contributed by atoms with E-state index >= 15 is 0 Å². The van der Waals surface area contributed by atoms with E-state index in [-0.39, 0.29) is 5.78 Å². The summed E-state index contributed by atoms with van der Waals surface area (Å²) in [5.74, 6) is -0.0457. The predicted molar refractivity (Wildman–Crippen MR) is 78.5 cm³/mol. The molecule has 116 valence electrons. The van der Waals surface area contributed by atoms with E-state index in [0.29, 0.717) is 23.4 Å². The van der Waals surface area contributed by atoms with Gasteiger partial charge in [0.1, 0.15) is 5.69 Å². The second kappa shape index (κ2) is 6.73. The summed E-state index contributed by atoms with van der Waals surface area (Å²) in [6.07, 6.45) is -2.21. The number of rotatable bonds is 5. The molecule has 0 atom stereocenters. The van der Waals surface area contributed by atoms with Crippen molar-refractivity contribution in [3.8, 4) is 11.3 Å². The van der Waals surface area contributed by atoms with Crippen LogP contribution in [0.1, 0.15) is 42.2 Å². The van der Waals surface area contributed by atoms with Crippen LogP contribution in [0, 0.1) is 0 Å². The minimum atomic E-state index is -4.36. The highest BCUT2D eigenvalue weighted by atomic mass is 19.4. The number of unbranched alkanes of at least 4 members (excludes halogenated alkanes) is 1. The van der Waals surface area contributed by atoms with Crippen LogP contribution in [0.3, 0.4) is 0 Å². The molecule has 22 heavy (non-hydrogen) atoms. The van der Waals surface area contributed by atoms with Crippen LogP contribution in [-0.4, -0.2) is 10.8 Å². The van der Waals surface area contributed by atoms with Gasteiger partial charge in [-0.1, -0.05) is 31.5 Å². The molecule has 2 rings (SSSR count). The Morgan fingerprint density at radius 1 is 1.09 bits per heavy atom. The Morgan fingerprint density at radius 2 is 1.77 bits per heavy atom. The van der Waals surface area contributed by atoms with Crippen LogP contribution in [0.2, 0.25) is 0 Å². The van der Waals surface area contributed by atoms with Crippen molar-refractivity contribution in [2.24, 2.45) is 0 Å². The molecule has 1 aromatic heterocycles. The summed E-state index contributed by atoms with van der Waals surface area (Å²) in [6, 6.07) is 9.77. The lowest BCUT2D eigenvalue weighted by Crippen LogP contribution is -2.04. The number of carbonyl (C=O) groups excluding carboxylic acids is 1. The fourth-order valence-electron chi connectivity index (χ4n) is 2.05. The van der Waals surface area contributed by atoms with E-state index in [9.17, 15) is 18.0 Å². The SMILES string of the molecule is CCCCC(=O)c1cccc(-c2ccc(C(F)(F)F)cc2)n1. The van der Waals surface area contributed by atoms with Gasteiger partial charge in [-0.25, -0.2) is 4.98 Å². The highest BCUT2D eigenvalue weighted by molar-refractivity contribution is 5.94. The Labute approximate surface area is 127 Å². The first-order valence-electron chi connectivity index (χ1n) is 7.09. The average molecular weight is 307 g/mol. The topological polar surface area (TPSA) is 30.0 Å². The van der Waals surface area contributed by atoms with Gasteiger partial charge in [-0.2, -0.15) is 13.2 Å². The first-order valence-corrected chi connectivity index (χ1v) is 7.09. The van der Waals surface area contributed by atoms with E-state index in [1.807, 2.05) is 6.92 Å². The van der Waals surface area contributed by atoms with Gasteiger partial charge >= 0.3 is 6.18 Å². The summed E-state index contributed by atoms with van der Waals surface area (Å²) in [4.78, 5) is 16.2. The second-order valence-electron chi connectivity index (χ2n) is 5.01. The van der Waals surface area contributed by atoms with Crippen LogP contribution < -0.4 is 0 Å². The summed E-state index contributed by atoms with van der Waals surface area (Å²) in [5.41, 5.74) is 0.700. The van der Waals surface area contributed by atoms with Crippen LogP contribution in [-0.2, 0) is 6.18 Å². The third-order valence-electron chi connectivity index (χ3n) is 3.30. The zero-order chi connectivity index (χ0) is 16.2. The zero-order valence-electron chi connectivity index (χ0n) is 12.2. The van der Waals surface area contributed by atoms with Gasteiger partial charge in [0.2, 0.25) is 0 Å². The number of Topliss-reactive ketones (excluding diaryl/α,β-unsaturated/α-hetero) is 1. The van der Waals surface area contributed by atoms with Crippen LogP contribution >= 0.6 is 0 Å². The molecule has 0 unspecified atom stereocenters. The fraction of sp³-hybridized carbons (Fsp3) is 0.294. The highest BCUT2D eigenvalue weighted by Crippen LogP contribution is 2.30. The van der Waals surface area contributed by atoms with Crippen molar-refractivity contribution in [2.45, 2.75) is 32.4 Å². The molecule has 0 radical (unpaired) electrons. The number of alkyl halides is 3. The van der Waals surface area contributed by atoms with E-state index in [1.165, 1.54) is 12.1 Å². The van der Waals surface area contributed by atoms with Crippen molar-refractivity contribution in [1.29, 1.82) is 0 Å².